The van der Waals surface area contributed by atoms with Gasteiger partial charge >= 0.3 is 0 Å². The van der Waals surface area contributed by atoms with Gasteiger partial charge in [0, 0.05) is 38.5 Å². The van der Waals surface area contributed by atoms with Crippen LogP contribution in [0.2, 0.25) is 0 Å². The largest absolute Gasteiger partial charge is 0.369 e. The normalized spacial score (nSPS) is 20.3. The molecular formula is C26H32N2O3. The van der Waals surface area contributed by atoms with Crippen LogP contribution in [0.15, 0.2) is 54.6 Å². The van der Waals surface area contributed by atoms with Gasteiger partial charge in [-0.1, -0.05) is 42.5 Å². The molecule has 0 aromatic heterocycles. The van der Waals surface area contributed by atoms with Crippen molar-refractivity contribution in [2.75, 3.05) is 51.3 Å². The first-order valence-electron chi connectivity index (χ1n) is 11.3. The van der Waals surface area contributed by atoms with Gasteiger partial charge in [0.25, 0.3) is 0 Å². The molecule has 0 amide bonds. The Labute approximate surface area is 185 Å². The molecule has 5 nitrogen and oxygen atoms in total. The molecule has 164 valence electrons. The van der Waals surface area contributed by atoms with Gasteiger partial charge in [-0.05, 0) is 61.2 Å². The maximum absolute atomic E-state index is 12.1. The first-order chi connectivity index (χ1) is 15.2. The van der Waals surface area contributed by atoms with Crippen molar-refractivity contribution < 1.29 is 14.3 Å². The quantitative estimate of drug-likeness (QED) is 0.627. The Morgan fingerprint density at radius 2 is 1.68 bits per heavy atom. The van der Waals surface area contributed by atoms with Gasteiger partial charge < -0.3 is 19.3 Å². The van der Waals surface area contributed by atoms with Crippen LogP contribution in [0.1, 0.15) is 24.8 Å². The Morgan fingerprint density at radius 3 is 2.32 bits per heavy atom. The molecule has 2 aromatic carbocycles. The molecule has 2 heterocycles. The van der Waals surface area contributed by atoms with Gasteiger partial charge in [0.2, 0.25) is 0 Å². The smallest absolute Gasteiger partial charge is 0.181 e. The van der Waals surface area contributed by atoms with Gasteiger partial charge in [-0.25, -0.2) is 0 Å². The number of piperazine rings is 1. The molecule has 0 radical (unpaired) electrons. The topological polar surface area (TPSA) is 42.0 Å². The highest BCUT2D eigenvalue weighted by Gasteiger charge is 2.15. The molecule has 4 rings (SSSR count). The molecule has 2 aromatic rings. The third-order valence-electron chi connectivity index (χ3n) is 5.99. The summed E-state index contributed by atoms with van der Waals surface area (Å²) >= 11 is 0. The van der Waals surface area contributed by atoms with Crippen LogP contribution in [0.3, 0.4) is 0 Å². The molecule has 31 heavy (non-hydrogen) atoms. The molecule has 2 fully saturated rings. The first kappa shape index (κ1) is 21.8. The van der Waals surface area contributed by atoms with Crippen molar-refractivity contribution in [1.82, 2.24) is 4.90 Å². The summed E-state index contributed by atoms with van der Waals surface area (Å²) in [6.07, 6.45) is 6.24. The van der Waals surface area contributed by atoms with Gasteiger partial charge in [0.1, 0.15) is 6.61 Å². The summed E-state index contributed by atoms with van der Waals surface area (Å²) in [7, 11) is 2.18. The van der Waals surface area contributed by atoms with Crippen molar-refractivity contribution in [3.63, 3.8) is 0 Å². The summed E-state index contributed by atoms with van der Waals surface area (Å²) in [5.74, 6) is -0.0438. The Bertz CT molecular complexity index is 863. The third kappa shape index (κ3) is 6.26. The van der Waals surface area contributed by atoms with Crippen LogP contribution in [0.25, 0.3) is 17.2 Å². The molecule has 1 atom stereocenters. The Kier molecular flexibility index (Phi) is 7.52. The SMILES string of the molecule is CN1CCN(c2ccc(-c3ccc(/C=C/C(=O)COC4CCCCO4)cc3)cc2)CC1. The Balaban J connectivity index is 1.29. The highest BCUT2D eigenvalue weighted by molar-refractivity contribution is 5.94. The second kappa shape index (κ2) is 10.7. The average Bonchev–Trinajstić information content (AvgIpc) is 2.83. The zero-order chi connectivity index (χ0) is 21.5. The second-order valence-electron chi connectivity index (χ2n) is 8.37. The molecule has 5 heteroatoms. The van der Waals surface area contributed by atoms with E-state index in [0.717, 1.165) is 57.6 Å². The number of benzene rings is 2. The van der Waals surface area contributed by atoms with Crippen LogP contribution < -0.4 is 4.90 Å². The summed E-state index contributed by atoms with van der Waals surface area (Å²) in [5, 5.41) is 0. The van der Waals surface area contributed by atoms with Crippen LogP contribution in [0, 0.1) is 0 Å². The van der Waals surface area contributed by atoms with Gasteiger partial charge in [0.15, 0.2) is 12.1 Å². The van der Waals surface area contributed by atoms with Crippen LogP contribution in [-0.2, 0) is 14.3 Å². The fourth-order valence-electron chi connectivity index (χ4n) is 3.97. The minimum Gasteiger partial charge on any atom is -0.369 e. The number of nitrogens with zero attached hydrogens (tertiary/aromatic N) is 2. The monoisotopic (exact) mass is 420 g/mol. The number of likely N-dealkylation sites (N-methyl/N-ethyl adjacent to an activating group) is 1. The predicted octanol–water partition coefficient (Wildman–Crippen LogP) is 4.23. The summed E-state index contributed by atoms with van der Waals surface area (Å²) in [5.41, 5.74) is 4.66. The molecule has 0 spiro atoms. The van der Waals surface area contributed by atoms with E-state index in [0.29, 0.717) is 0 Å². The fraction of sp³-hybridized carbons (Fsp3) is 0.423. The van der Waals surface area contributed by atoms with E-state index in [1.807, 2.05) is 18.2 Å². The molecular weight excluding hydrogens is 388 g/mol. The van der Waals surface area contributed by atoms with Crippen molar-refractivity contribution in [2.45, 2.75) is 25.6 Å². The van der Waals surface area contributed by atoms with Gasteiger partial charge in [-0.3, -0.25) is 4.79 Å². The van der Waals surface area contributed by atoms with Gasteiger partial charge in [-0.2, -0.15) is 0 Å². The van der Waals surface area contributed by atoms with Crippen LogP contribution in [0.4, 0.5) is 5.69 Å². The molecule has 2 aliphatic rings. The first-order valence-corrected chi connectivity index (χ1v) is 11.3. The maximum atomic E-state index is 12.1. The lowest BCUT2D eigenvalue weighted by molar-refractivity contribution is -0.167. The average molecular weight is 421 g/mol. The Morgan fingerprint density at radius 1 is 1.00 bits per heavy atom. The minimum atomic E-state index is -0.229. The van der Waals surface area contributed by atoms with Crippen LogP contribution >= 0.6 is 0 Å². The standard InChI is InChI=1S/C26H32N2O3/c1-27-15-17-28(18-16-27)24-12-10-23(11-13-24)22-8-5-21(6-9-22)7-14-25(29)20-31-26-4-2-3-19-30-26/h5-14,26H,2-4,15-20H2,1H3/b14-7+. The van der Waals surface area contributed by atoms with E-state index in [2.05, 4.69) is 53.2 Å². The fourth-order valence-corrected chi connectivity index (χ4v) is 3.97. The van der Waals surface area contributed by atoms with Gasteiger partial charge in [0.05, 0.1) is 0 Å². The minimum absolute atomic E-state index is 0.0438. The highest BCUT2D eigenvalue weighted by atomic mass is 16.7. The summed E-state index contributed by atoms with van der Waals surface area (Å²) < 4.78 is 11.0. The molecule has 0 N–H and O–H groups in total. The molecule has 0 aliphatic carbocycles. The van der Waals surface area contributed by atoms with E-state index in [9.17, 15) is 4.79 Å². The number of ether oxygens (including phenoxy) is 2. The highest BCUT2D eigenvalue weighted by Crippen LogP contribution is 2.24. The lowest BCUT2D eigenvalue weighted by atomic mass is 10.0. The lowest BCUT2D eigenvalue weighted by Gasteiger charge is -2.34. The van der Waals surface area contributed by atoms with Crippen LogP contribution in [0.5, 0.6) is 0 Å². The zero-order valence-electron chi connectivity index (χ0n) is 18.3. The number of anilines is 1. The van der Waals surface area contributed by atoms with Crippen molar-refractivity contribution in [3.05, 3.63) is 60.2 Å². The predicted molar refractivity (Wildman–Crippen MR) is 125 cm³/mol. The number of rotatable bonds is 7. The number of ketones is 1. The third-order valence-corrected chi connectivity index (χ3v) is 5.99. The number of carbonyl (C=O) groups excluding carboxylic acids is 1. The van der Waals surface area contributed by atoms with E-state index in [1.165, 1.54) is 16.8 Å². The maximum Gasteiger partial charge on any atom is 0.181 e. The van der Waals surface area contributed by atoms with Crippen LogP contribution in [-0.4, -0.2) is 63.4 Å². The van der Waals surface area contributed by atoms with Gasteiger partial charge in [-0.15, -0.1) is 0 Å². The zero-order valence-corrected chi connectivity index (χ0v) is 18.3. The van der Waals surface area contributed by atoms with E-state index >= 15 is 0 Å². The van der Waals surface area contributed by atoms with Crippen molar-refractivity contribution in [1.29, 1.82) is 0 Å². The van der Waals surface area contributed by atoms with E-state index in [4.69, 9.17) is 9.47 Å². The molecule has 0 bridgehead atoms. The van der Waals surface area contributed by atoms with Crippen molar-refractivity contribution in [3.8, 4) is 11.1 Å². The summed E-state index contributed by atoms with van der Waals surface area (Å²) in [6, 6.07) is 17.1. The van der Waals surface area contributed by atoms with Crippen molar-refractivity contribution >= 4 is 17.5 Å². The van der Waals surface area contributed by atoms with E-state index < -0.39 is 0 Å². The second-order valence-corrected chi connectivity index (χ2v) is 8.37. The summed E-state index contributed by atoms with van der Waals surface area (Å²) in [4.78, 5) is 16.9. The number of carbonyl (C=O) groups is 1. The molecule has 2 saturated heterocycles. The number of hydrogen-bond acceptors (Lipinski definition) is 5. The summed E-state index contributed by atoms with van der Waals surface area (Å²) in [6.45, 7) is 5.17. The van der Waals surface area contributed by atoms with E-state index in [1.54, 1.807) is 6.08 Å². The Hall–Kier alpha value is -2.47. The number of hydrogen-bond donors (Lipinski definition) is 0. The van der Waals surface area contributed by atoms with E-state index in [-0.39, 0.29) is 18.7 Å². The molecule has 2 aliphatic heterocycles. The molecule has 0 saturated carbocycles. The molecule has 1 unspecified atom stereocenters. The lowest BCUT2D eigenvalue weighted by Crippen LogP contribution is -2.44. The van der Waals surface area contributed by atoms with Crippen molar-refractivity contribution in [2.24, 2.45) is 0 Å².